The Balaban J connectivity index is 2.62. The third-order valence-corrected chi connectivity index (χ3v) is 2.65. The Morgan fingerprint density at radius 1 is 1.42 bits per heavy atom. The molecule has 0 aromatic heterocycles. The van der Waals surface area contributed by atoms with Crippen molar-refractivity contribution in [1.29, 1.82) is 0 Å². The molecule has 0 aliphatic heterocycles. The quantitative estimate of drug-likeness (QED) is 0.698. The third kappa shape index (κ3) is 5.56. The molecule has 0 bridgehead atoms. The first kappa shape index (κ1) is 15.2. The number of carboxylic acid groups (broad SMARTS) is 1. The van der Waals surface area contributed by atoms with E-state index in [0.717, 1.165) is 5.56 Å². The van der Waals surface area contributed by atoms with Crippen molar-refractivity contribution in [2.45, 2.75) is 31.9 Å². The van der Waals surface area contributed by atoms with Crippen molar-refractivity contribution in [1.82, 2.24) is 5.32 Å². The molecular weight excluding hydrogens is 242 g/mol. The Morgan fingerprint density at radius 2 is 2.05 bits per heavy atom. The smallest absolute Gasteiger partial charge is 0.320 e. The molecule has 0 amide bonds. The molecule has 0 saturated heterocycles. The summed E-state index contributed by atoms with van der Waals surface area (Å²) < 4.78 is 0. The average Bonchev–Trinajstić information content (AvgIpc) is 2.38. The van der Waals surface area contributed by atoms with Crippen molar-refractivity contribution in [3.05, 3.63) is 35.9 Å². The number of benzene rings is 1. The van der Waals surface area contributed by atoms with Crippen LogP contribution in [0.25, 0.3) is 0 Å². The summed E-state index contributed by atoms with van der Waals surface area (Å²) in [6.45, 7) is 3.44. The molecule has 19 heavy (non-hydrogen) atoms. The average molecular weight is 261 g/mol. The monoisotopic (exact) mass is 261 g/mol. The number of nitrogens with one attached hydrogen (secondary N) is 1. The zero-order chi connectivity index (χ0) is 14.3. The molecular formula is C15H19NO3. The van der Waals surface area contributed by atoms with E-state index in [1.54, 1.807) is 13.8 Å². The lowest BCUT2D eigenvalue weighted by atomic mass is 10.1. The number of aliphatic hydroxyl groups is 1. The van der Waals surface area contributed by atoms with Crippen LogP contribution in [0.4, 0.5) is 0 Å². The van der Waals surface area contributed by atoms with Crippen molar-refractivity contribution in [2.75, 3.05) is 6.54 Å². The number of carbonyl (C=O) groups is 1. The van der Waals surface area contributed by atoms with Gasteiger partial charge in [0.25, 0.3) is 0 Å². The summed E-state index contributed by atoms with van der Waals surface area (Å²) in [7, 11) is 0. The van der Waals surface area contributed by atoms with E-state index in [1.165, 1.54) is 0 Å². The zero-order valence-electron chi connectivity index (χ0n) is 11.2. The van der Waals surface area contributed by atoms with Crippen LogP contribution >= 0.6 is 0 Å². The Kier molecular flexibility index (Phi) is 5.56. The van der Waals surface area contributed by atoms with Crippen LogP contribution < -0.4 is 5.32 Å². The minimum atomic E-state index is -1.27. The summed E-state index contributed by atoms with van der Waals surface area (Å²) in [6, 6.07) is 8.67. The number of carboxylic acids is 1. The topological polar surface area (TPSA) is 69.6 Å². The summed E-state index contributed by atoms with van der Waals surface area (Å²) in [5.74, 6) is 4.69. The zero-order valence-corrected chi connectivity index (χ0v) is 11.2. The van der Waals surface area contributed by atoms with Gasteiger partial charge in [0, 0.05) is 12.1 Å². The highest BCUT2D eigenvalue weighted by atomic mass is 16.4. The Bertz CT molecular complexity index is 471. The van der Waals surface area contributed by atoms with E-state index < -0.39 is 17.6 Å². The molecule has 3 N–H and O–H groups in total. The maximum absolute atomic E-state index is 10.8. The summed E-state index contributed by atoms with van der Waals surface area (Å²) >= 11 is 0. The molecule has 102 valence electrons. The molecule has 2 atom stereocenters. The van der Waals surface area contributed by atoms with Gasteiger partial charge in [-0.1, -0.05) is 37.0 Å². The van der Waals surface area contributed by atoms with Crippen LogP contribution in [0.3, 0.4) is 0 Å². The maximum atomic E-state index is 10.8. The van der Waals surface area contributed by atoms with Gasteiger partial charge in [-0.05, 0) is 25.5 Å². The van der Waals surface area contributed by atoms with Gasteiger partial charge in [0.1, 0.15) is 11.6 Å². The SMILES string of the molecule is CC[C@H](NC[C@@](C)(O)C#Cc1ccccc1)C(=O)O. The van der Waals surface area contributed by atoms with Crippen molar-refractivity contribution < 1.29 is 15.0 Å². The molecule has 1 rings (SSSR count). The van der Waals surface area contributed by atoms with Gasteiger partial charge >= 0.3 is 5.97 Å². The standard InChI is InChI=1S/C15H19NO3/c1-3-13(14(17)18)16-11-15(2,19)10-9-12-7-5-4-6-8-12/h4-8,13,16,19H,3,11H2,1-2H3,(H,17,18)/t13-,15-/m0/s1. The Hall–Kier alpha value is -1.83. The number of aliphatic carboxylic acids is 1. The highest BCUT2D eigenvalue weighted by molar-refractivity contribution is 5.73. The highest BCUT2D eigenvalue weighted by Crippen LogP contribution is 2.03. The Morgan fingerprint density at radius 3 is 2.58 bits per heavy atom. The van der Waals surface area contributed by atoms with Crippen LogP contribution in [0.1, 0.15) is 25.8 Å². The molecule has 4 nitrogen and oxygen atoms in total. The van der Waals surface area contributed by atoms with Crippen molar-refractivity contribution in [2.24, 2.45) is 0 Å². The van der Waals surface area contributed by atoms with Crippen LogP contribution in [-0.2, 0) is 4.79 Å². The molecule has 0 aliphatic rings. The number of hydrogen-bond donors (Lipinski definition) is 3. The summed E-state index contributed by atoms with van der Waals surface area (Å²) in [5, 5.41) is 21.8. The highest BCUT2D eigenvalue weighted by Gasteiger charge is 2.21. The molecule has 4 heteroatoms. The normalized spacial score (nSPS) is 14.9. The molecule has 0 spiro atoms. The van der Waals surface area contributed by atoms with Gasteiger partial charge in [0.05, 0.1) is 0 Å². The van der Waals surface area contributed by atoms with Crippen LogP contribution in [-0.4, -0.2) is 34.4 Å². The largest absolute Gasteiger partial charge is 0.480 e. The molecule has 0 heterocycles. The van der Waals surface area contributed by atoms with E-state index >= 15 is 0 Å². The minimum Gasteiger partial charge on any atom is -0.480 e. The first-order valence-corrected chi connectivity index (χ1v) is 6.21. The van der Waals surface area contributed by atoms with Gasteiger partial charge < -0.3 is 15.5 Å². The van der Waals surface area contributed by atoms with Crippen LogP contribution in [0.2, 0.25) is 0 Å². The molecule has 0 aliphatic carbocycles. The van der Waals surface area contributed by atoms with Gasteiger partial charge in [-0.3, -0.25) is 4.79 Å². The second-order valence-electron chi connectivity index (χ2n) is 4.57. The van der Waals surface area contributed by atoms with Crippen molar-refractivity contribution >= 4 is 5.97 Å². The molecule has 0 unspecified atom stereocenters. The lowest BCUT2D eigenvalue weighted by Gasteiger charge is -2.20. The van der Waals surface area contributed by atoms with E-state index in [2.05, 4.69) is 17.2 Å². The molecule has 0 radical (unpaired) electrons. The first-order chi connectivity index (χ1) is 8.94. The van der Waals surface area contributed by atoms with Crippen molar-refractivity contribution in [3.8, 4) is 11.8 Å². The molecule has 0 fully saturated rings. The van der Waals surface area contributed by atoms with E-state index in [1.807, 2.05) is 30.3 Å². The third-order valence-electron chi connectivity index (χ3n) is 2.65. The van der Waals surface area contributed by atoms with Gasteiger partial charge in [-0.25, -0.2) is 0 Å². The minimum absolute atomic E-state index is 0.109. The summed E-state index contributed by atoms with van der Waals surface area (Å²) in [5.41, 5.74) is -0.452. The molecule has 0 saturated carbocycles. The van der Waals surface area contributed by atoms with Gasteiger partial charge in [-0.15, -0.1) is 0 Å². The predicted molar refractivity (Wildman–Crippen MR) is 73.7 cm³/mol. The number of rotatable bonds is 5. The van der Waals surface area contributed by atoms with Gasteiger partial charge in [-0.2, -0.15) is 0 Å². The Labute approximate surface area is 113 Å². The second kappa shape index (κ2) is 6.93. The lowest BCUT2D eigenvalue weighted by Crippen LogP contribution is -2.44. The fourth-order valence-corrected chi connectivity index (χ4v) is 1.50. The van der Waals surface area contributed by atoms with Crippen molar-refractivity contribution in [3.63, 3.8) is 0 Å². The maximum Gasteiger partial charge on any atom is 0.320 e. The van der Waals surface area contributed by atoms with Gasteiger partial charge in [0.2, 0.25) is 0 Å². The fraction of sp³-hybridized carbons (Fsp3) is 0.400. The van der Waals surface area contributed by atoms with Gasteiger partial charge in [0.15, 0.2) is 0 Å². The summed E-state index contributed by atoms with van der Waals surface area (Å²) in [4.78, 5) is 10.8. The first-order valence-electron chi connectivity index (χ1n) is 6.21. The lowest BCUT2D eigenvalue weighted by molar-refractivity contribution is -0.139. The summed E-state index contributed by atoms with van der Waals surface area (Å²) in [6.07, 6.45) is 0.456. The second-order valence-corrected chi connectivity index (χ2v) is 4.57. The van der Waals surface area contributed by atoms with E-state index in [-0.39, 0.29) is 6.54 Å². The predicted octanol–water partition coefficient (Wildman–Crippen LogP) is 1.24. The van der Waals surface area contributed by atoms with Crippen LogP contribution in [0.15, 0.2) is 30.3 Å². The van der Waals surface area contributed by atoms with E-state index in [0.29, 0.717) is 6.42 Å². The molecule has 1 aromatic carbocycles. The molecule has 1 aromatic rings. The fourth-order valence-electron chi connectivity index (χ4n) is 1.50. The van der Waals surface area contributed by atoms with E-state index in [4.69, 9.17) is 5.11 Å². The van der Waals surface area contributed by atoms with E-state index in [9.17, 15) is 9.90 Å². The number of hydrogen-bond acceptors (Lipinski definition) is 3. The van der Waals surface area contributed by atoms with Crippen LogP contribution in [0.5, 0.6) is 0 Å². The van der Waals surface area contributed by atoms with Crippen LogP contribution in [0, 0.1) is 11.8 Å².